The van der Waals surface area contributed by atoms with Crippen molar-refractivity contribution in [2.24, 2.45) is 5.92 Å². The van der Waals surface area contributed by atoms with Crippen molar-refractivity contribution >= 4 is 31.9 Å². The minimum absolute atomic E-state index is 0.117. The number of nitrogens with one attached hydrogen (secondary N) is 2. The van der Waals surface area contributed by atoms with E-state index in [0.29, 0.717) is 12.8 Å². The van der Waals surface area contributed by atoms with Crippen LogP contribution < -0.4 is 10.0 Å². The number of morpholine rings is 1. The summed E-state index contributed by atoms with van der Waals surface area (Å²) in [5, 5.41) is 2.60. The van der Waals surface area contributed by atoms with Gasteiger partial charge < -0.3 is 10.1 Å². The summed E-state index contributed by atoms with van der Waals surface area (Å²) in [6, 6.07) is 2.60. The highest BCUT2D eigenvalue weighted by molar-refractivity contribution is 7.89. The van der Waals surface area contributed by atoms with Crippen molar-refractivity contribution in [3.05, 3.63) is 24.4 Å². The number of sulfonamides is 1. The Labute approximate surface area is 224 Å². The number of amides is 1. The highest BCUT2D eigenvalue weighted by Gasteiger charge is 2.37. The first kappa shape index (κ1) is 29.0. The van der Waals surface area contributed by atoms with Crippen molar-refractivity contribution < 1.29 is 31.2 Å². The fraction of sp³-hybridized carbons (Fsp3) is 0.708. The van der Waals surface area contributed by atoms with Gasteiger partial charge in [0.05, 0.1) is 25.8 Å². The summed E-state index contributed by atoms with van der Waals surface area (Å²) in [6.45, 7) is 0.705. The van der Waals surface area contributed by atoms with Crippen molar-refractivity contribution in [3.63, 3.8) is 0 Å². The van der Waals surface area contributed by atoms with Crippen LogP contribution in [0.25, 0.3) is 0 Å². The molecule has 4 rings (SSSR count). The molecule has 1 aliphatic carbocycles. The molecule has 38 heavy (non-hydrogen) atoms. The summed E-state index contributed by atoms with van der Waals surface area (Å²) in [5.41, 5.74) is 0. The quantitative estimate of drug-likeness (QED) is 0.432. The van der Waals surface area contributed by atoms with Crippen LogP contribution >= 0.6 is 0 Å². The van der Waals surface area contributed by atoms with E-state index in [4.69, 9.17) is 4.74 Å². The van der Waals surface area contributed by atoms with Gasteiger partial charge in [0.2, 0.25) is 5.91 Å². The van der Waals surface area contributed by atoms with Gasteiger partial charge in [-0.1, -0.05) is 38.2 Å². The molecule has 1 amide bonds. The summed E-state index contributed by atoms with van der Waals surface area (Å²) in [7, 11) is -7.90. The topological polar surface area (TPSA) is 155 Å². The van der Waals surface area contributed by atoms with Crippen molar-refractivity contribution in [2.45, 2.75) is 68.5 Å². The normalized spacial score (nSPS) is 24.0. The molecule has 2 saturated heterocycles. The second-order valence-corrected chi connectivity index (χ2v) is 13.7. The summed E-state index contributed by atoms with van der Waals surface area (Å²) in [5.74, 6) is -0.801. The van der Waals surface area contributed by atoms with E-state index >= 15 is 0 Å². The lowest BCUT2D eigenvalue weighted by Crippen LogP contribution is -2.56. The molecule has 3 fully saturated rings. The number of rotatable bonds is 9. The molecule has 3 aliphatic rings. The molecule has 12 nitrogen and oxygen atoms in total. The molecule has 0 aromatic carbocycles. The van der Waals surface area contributed by atoms with E-state index in [1.807, 2.05) is 0 Å². The fourth-order valence-electron chi connectivity index (χ4n) is 5.26. The first-order valence-electron chi connectivity index (χ1n) is 13.3. The average molecular weight is 572 g/mol. The number of nitrogens with zero attached hydrogens (tertiary/aromatic N) is 3. The molecule has 212 valence electrons. The van der Waals surface area contributed by atoms with Gasteiger partial charge in [0.15, 0.2) is 10.8 Å². The lowest BCUT2D eigenvalue weighted by molar-refractivity contribution is -0.128. The highest BCUT2D eigenvalue weighted by atomic mass is 32.2. The van der Waals surface area contributed by atoms with Gasteiger partial charge in [-0.05, 0) is 37.3 Å². The molecule has 1 aromatic heterocycles. The number of hydrogen-bond donors (Lipinski definition) is 2. The number of aromatic nitrogens is 1. The SMILES string of the molecule is O=C1CN(S(=O)(=O)c2ccccn2)CCC[C@@H]1NC(=O)[C@H](CC1CCCCC1)NS(=O)(=O)N1CCOCC1. The Hall–Kier alpha value is -1.97. The van der Waals surface area contributed by atoms with Gasteiger partial charge in [0.1, 0.15) is 6.04 Å². The molecule has 2 atom stereocenters. The van der Waals surface area contributed by atoms with Gasteiger partial charge in [-0.15, -0.1) is 0 Å². The average Bonchev–Trinajstić information content (AvgIpc) is 3.11. The van der Waals surface area contributed by atoms with Crippen molar-refractivity contribution in [2.75, 3.05) is 39.4 Å². The summed E-state index contributed by atoms with van der Waals surface area (Å²) in [6.07, 6.45) is 7.38. The number of carbonyl (C=O) groups excluding carboxylic acids is 2. The number of ketones is 1. The molecular formula is C24H37N5O7S2. The lowest BCUT2D eigenvalue weighted by Gasteiger charge is -2.31. The highest BCUT2D eigenvalue weighted by Crippen LogP contribution is 2.28. The third-order valence-electron chi connectivity index (χ3n) is 7.39. The number of carbonyl (C=O) groups is 2. The summed E-state index contributed by atoms with van der Waals surface area (Å²) < 4.78 is 62.3. The molecule has 2 N–H and O–H groups in total. The van der Waals surface area contributed by atoms with Crippen LogP contribution in [-0.2, 0) is 34.6 Å². The van der Waals surface area contributed by atoms with Crippen LogP contribution in [-0.4, -0.2) is 93.6 Å². The number of Topliss-reactive ketones (excluding diaryl/α,β-unsaturated/α-hetero) is 1. The number of pyridine rings is 1. The van der Waals surface area contributed by atoms with E-state index in [9.17, 15) is 26.4 Å². The molecule has 2 aliphatic heterocycles. The Morgan fingerprint density at radius 1 is 1.00 bits per heavy atom. The molecule has 1 aromatic rings. The first-order chi connectivity index (χ1) is 18.2. The molecule has 0 spiro atoms. The van der Waals surface area contributed by atoms with Crippen LogP contribution in [0.2, 0.25) is 0 Å². The zero-order valence-corrected chi connectivity index (χ0v) is 23.1. The predicted octanol–water partition coefficient (Wildman–Crippen LogP) is 0.426. The van der Waals surface area contributed by atoms with E-state index in [2.05, 4.69) is 15.0 Å². The van der Waals surface area contributed by atoms with Gasteiger partial charge in [-0.2, -0.15) is 21.8 Å². The zero-order chi connectivity index (χ0) is 27.2. The van der Waals surface area contributed by atoms with Crippen LogP contribution in [0.1, 0.15) is 51.4 Å². The summed E-state index contributed by atoms with van der Waals surface area (Å²) in [4.78, 5) is 30.4. The smallest absolute Gasteiger partial charge is 0.280 e. The van der Waals surface area contributed by atoms with Gasteiger partial charge in [0, 0.05) is 25.8 Å². The van der Waals surface area contributed by atoms with Crippen LogP contribution in [0, 0.1) is 5.92 Å². The monoisotopic (exact) mass is 571 g/mol. The maximum atomic E-state index is 13.4. The molecule has 0 radical (unpaired) electrons. The molecule has 0 bridgehead atoms. The third kappa shape index (κ3) is 7.36. The standard InChI is InChI=1S/C24H37N5O7S2/c30-22-18-29(37(32,33)23-10-4-5-11-25-23)12-6-9-20(22)26-24(31)21(17-19-7-2-1-3-8-19)27-38(34,35)28-13-15-36-16-14-28/h4-5,10-11,19-21,27H,1-3,6-9,12-18H2,(H,26,31)/t20-,21-/m0/s1. The predicted molar refractivity (Wildman–Crippen MR) is 139 cm³/mol. The van der Waals surface area contributed by atoms with Gasteiger partial charge in [0.25, 0.3) is 20.2 Å². The Morgan fingerprint density at radius 2 is 1.74 bits per heavy atom. The molecular weight excluding hydrogens is 534 g/mol. The molecule has 0 unspecified atom stereocenters. The van der Waals surface area contributed by atoms with Gasteiger partial charge in [-0.3, -0.25) is 9.59 Å². The van der Waals surface area contributed by atoms with E-state index in [-0.39, 0.29) is 50.2 Å². The lowest BCUT2D eigenvalue weighted by atomic mass is 9.85. The van der Waals surface area contributed by atoms with Crippen LogP contribution in [0.5, 0.6) is 0 Å². The number of hydrogen-bond acceptors (Lipinski definition) is 8. The van der Waals surface area contributed by atoms with E-state index < -0.39 is 50.6 Å². The minimum Gasteiger partial charge on any atom is -0.379 e. The van der Waals surface area contributed by atoms with Crippen molar-refractivity contribution in [1.29, 1.82) is 0 Å². The number of ether oxygens (including phenoxy) is 1. The van der Waals surface area contributed by atoms with E-state index in [1.165, 1.54) is 16.6 Å². The second-order valence-electron chi connectivity index (χ2n) is 10.1. The van der Waals surface area contributed by atoms with Gasteiger partial charge >= 0.3 is 0 Å². The Kier molecular flexibility index (Phi) is 9.87. The fourth-order valence-corrected chi connectivity index (χ4v) is 7.98. The summed E-state index contributed by atoms with van der Waals surface area (Å²) >= 11 is 0. The molecule has 3 heterocycles. The molecule has 1 saturated carbocycles. The largest absolute Gasteiger partial charge is 0.379 e. The minimum atomic E-state index is -3.96. The van der Waals surface area contributed by atoms with Crippen LogP contribution in [0.4, 0.5) is 0 Å². The Bertz CT molecular complexity index is 1170. The van der Waals surface area contributed by atoms with Gasteiger partial charge in [-0.25, -0.2) is 13.4 Å². The Balaban J connectivity index is 1.45. The van der Waals surface area contributed by atoms with Crippen molar-refractivity contribution in [1.82, 2.24) is 23.6 Å². The molecule has 14 heteroatoms. The van der Waals surface area contributed by atoms with E-state index in [0.717, 1.165) is 36.4 Å². The van der Waals surface area contributed by atoms with Crippen molar-refractivity contribution in [3.8, 4) is 0 Å². The maximum absolute atomic E-state index is 13.4. The zero-order valence-electron chi connectivity index (χ0n) is 21.5. The third-order valence-corrected chi connectivity index (χ3v) is 10.8. The maximum Gasteiger partial charge on any atom is 0.280 e. The first-order valence-corrected chi connectivity index (χ1v) is 16.1. The van der Waals surface area contributed by atoms with Crippen LogP contribution in [0.3, 0.4) is 0 Å². The second kappa shape index (κ2) is 12.9. The van der Waals surface area contributed by atoms with E-state index in [1.54, 1.807) is 12.1 Å². The van der Waals surface area contributed by atoms with Crippen LogP contribution in [0.15, 0.2) is 29.4 Å². The Morgan fingerprint density at radius 3 is 2.42 bits per heavy atom.